The van der Waals surface area contributed by atoms with Crippen molar-refractivity contribution in [3.63, 3.8) is 0 Å². The van der Waals surface area contributed by atoms with Crippen molar-refractivity contribution in [2.45, 2.75) is 56.5 Å². The maximum absolute atomic E-state index is 12.9. The van der Waals surface area contributed by atoms with E-state index in [1.807, 2.05) is 13.0 Å². The van der Waals surface area contributed by atoms with E-state index in [0.29, 0.717) is 23.2 Å². The Morgan fingerprint density at radius 1 is 0.897 bits per heavy atom. The van der Waals surface area contributed by atoms with Gasteiger partial charge in [0, 0.05) is 23.5 Å². The Kier molecular flexibility index (Phi) is 4.15. The molecular formula is C22H25N5O2. The van der Waals surface area contributed by atoms with Crippen LogP contribution in [0, 0.1) is 18.8 Å². The van der Waals surface area contributed by atoms with E-state index in [0.717, 1.165) is 37.8 Å². The number of pyridine rings is 1. The van der Waals surface area contributed by atoms with Crippen LogP contribution in [0.2, 0.25) is 0 Å². The Morgan fingerprint density at radius 3 is 2.10 bits per heavy atom. The molecule has 0 aromatic carbocycles. The van der Waals surface area contributed by atoms with E-state index in [4.69, 9.17) is 0 Å². The molecule has 2 atom stereocenters. The highest BCUT2D eigenvalue weighted by atomic mass is 16.2. The molecule has 4 saturated carbocycles. The molecule has 0 aliphatic heterocycles. The van der Waals surface area contributed by atoms with Gasteiger partial charge in [-0.3, -0.25) is 19.6 Å². The smallest absolute Gasteiger partial charge is 0.271 e. The van der Waals surface area contributed by atoms with E-state index in [2.05, 4.69) is 25.6 Å². The highest BCUT2D eigenvalue weighted by Gasteiger charge is 2.58. The second-order valence-electron chi connectivity index (χ2n) is 9.19. The van der Waals surface area contributed by atoms with Crippen molar-refractivity contribution in [1.29, 1.82) is 0 Å². The molecule has 2 unspecified atom stereocenters. The molecule has 2 N–H and O–H groups in total. The van der Waals surface area contributed by atoms with E-state index >= 15 is 0 Å². The van der Waals surface area contributed by atoms with Crippen LogP contribution in [0.15, 0.2) is 36.8 Å². The van der Waals surface area contributed by atoms with Crippen LogP contribution in [-0.4, -0.2) is 37.8 Å². The van der Waals surface area contributed by atoms with Gasteiger partial charge in [-0.05, 0) is 69.4 Å². The van der Waals surface area contributed by atoms with Crippen molar-refractivity contribution >= 4 is 11.8 Å². The van der Waals surface area contributed by atoms with E-state index in [-0.39, 0.29) is 22.9 Å². The number of carbonyl (C=O) groups is 2. The number of amides is 2. The molecular weight excluding hydrogens is 366 g/mol. The molecule has 4 aliphatic carbocycles. The summed E-state index contributed by atoms with van der Waals surface area (Å²) in [5, 5.41) is 6.60. The summed E-state index contributed by atoms with van der Waals surface area (Å²) >= 11 is 0. The van der Waals surface area contributed by atoms with Crippen LogP contribution in [0.3, 0.4) is 0 Å². The van der Waals surface area contributed by atoms with Gasteiger partial charge in [-0.1, -0.05) is 6.07 Å². The fourth-order valence-corrected chi connectivity index (χ4v) is 6.17. The number of nitrogens with zero attached hydrogens (tertiary/aromatic N) is 3. The van der Waals surface area contributed by atoms with Crippen molar-refractivity contribution in [2.75, 3.05) is 0 Å². The summed E-state index contributed by atoms with van der Waals surface area (Å²) in [6.07, 6.45) is 10.6. The summed E-state index contributed by atoms with van der Waals surface area (Å²) in [6.45, 7) is 1.85. The van der Waals surface area contributed by atoms with Crippen LogP contribution in [0.4, 0.5) is 0 Å². The molecule has 2 aromatic rings. The monoisotopic (exact) mass is 391 g/mol. The van der Waals surface area contributed by atoms with Crippen LogP contribution in [0.25, 0.3) is 0 Å². The maximum atomic E-state index is 12.9. The predicted octanol–water partition coefficient (Wildman–Crippen LogP) is 2.43. The molecule has 0 spiro atoms. The topological polar surface area (TPSA) is 96.9 Å². The number of hydrogen-bond acceptors (Lipinski definition) is 5. The van der Waals surface area contributed by atoms with Crippen molar-refractivity contribution in [3.05, 3.63) is 53.9 Å². The van der Waals surface area contributed by atoms with E-state index in [1.165, 1.54) is 12.6 Å². The first kappa shape index (κ1) is 18.2. The zero-order valence-corrected chi connectivity index (χ0v) is 16.5. The largest absolute Gasteiger partial charge is 0.345 e. The Balaban J connectivity index is 1.37. The zero-order chi connectivity index (χ0) is 20.1. The van der Waals surface area contributed by atoms with Gasteiger partial charge < -0.3 is 10.6 Å². The van der Waals surface area contributed by atoms with Gasteiger partial charge >= 0.3 is 0 Å². The summed E-state index contributed by atoms with van der Waals surface area (Å²) < 4.78 is 0. The lowest BCUT2D eigenvalue weighted by Crippen LogP contribution is -2.69. The molecule has 0 saturated heterocycles. The van der Waals surface area contributed by atoms with Gasteiger partial charge in [0.15, 0.2) is 0 Å². The molecule has 2 amide bonds. The van der Waals surface area contributed by atoms with E-state index < -0.39 is 0 Å². The fraction of sp³-hybridized carbons (Fsp3) is 0.500. The van der Waals surface area contributed by atoms with Gasteiger partial charge in [0.05, 0.1) is 11.9 Å². The molecule has 4 aliphatic rings. The molecule has 7 heteroatoms. The highest BCUT2D eigenvalue weighted by Crippen LogP contribution is 2.57. The summed E-state index contributed by atoms with van der Waals surface area (Å²) in [7, 11) is 0. The van der Waals surface area contributed by atoms with Crippen LogP contribution in [0.5, 0.6) is 0 Å². The third kappa shape index (κ3) is 3.39. The average molecular weight is 391 g/mol. The first-order chi connectivity index (χ1) is 13.9. The number of aromatic nitrogens is 3. The van der Waals surface area contributed by atoms with Crippen LogP contribution in [0.1, 0.15) is 65.2 Å². The number of aryl methyl sites for hydroxylation is 1. The van der Waals surface area contributed by atoms with Crippen LogP contribution in [-0.2, 0) is 0 Å². The minimum atomic E-state index is -0.287. The van der Waals surface area contributed by atoms with Gasteiger partial charge in [0.25, 0.3) is 11.8 Å². The predicted molar refractivity (Wildman–Crippen MR) is 106 cm³/mol. The first-order valence-electron chi connectivity index (χ1n) is 10.3. The third-order valence-corrected chi connectivity index (χ3v) is 6.73. The maximum Gasteiger partial charge on any atom is 0.271 e. The van der Waals surface area contributed by atoms with Gasteiger partial charge in [0.2, 0.25) is 0 Å². The minimum absolute atomic E-state index is 0.126. The van der Waals surface area contributed by atoms with Crippen molar-refractivity contribution < 1.29 is 9.59 Å². The molecule has 4 bridgehead atoms. The number of carbonyl (C=O) groups excluding carboxylic acids is 2. The standard InChI is InChI=1S/C22H25N5O2/c1-14-11-25-18(12-24-14)20(29)27-22-9-15-6-16(10-22)8-21(7-15,13-22)26-19(28)17-4-2-3-5-23-17/h2-5,11-12,15-16H,6-10,13H2,1H3,(H,26,28)(H,27,29). The molecule has 2 aromatic heterocycles. The zero-order valence-electron chi connectivity index (χ0n) is 16.5. The lowest BCUT2D eigenvalue weighted by molar-refractivity contribution is -0.0449. The molecule has 2 heterocycles. The van der Waals surface area contributed by atoms with Gasteiger partial charge in [-0.15, -0.1) is 0 Å². The van der Waals surface area contributed by atoms with Crippen LogP contribution < -0.4 is 10.6 Å². The Bertz CT molecular complexity index is 929. The van der Waals surface area contributed by atoms with Gasteiger partial charge in [-0.25, -0.2) is 4.98 Å². The third-order valence-electron chi connectivity index (χ3n) is 6.73. The minimum Gasteiger partial charge on any atom is -0.345 e. The summed E-state index contributed by atoms with van der Waals surface area (Å²) in [6, 6.07) is 5.37. The lowest BCUT2D eigenvalue weighted by atomic mass is 9.49. The second kappa shape index (κ2) is 6.61. The van der Waals surface area contributed by atoms with Crippen molar-refractivity contribution in [1.82, 2.24) is 25.6 Å². The Morgan fingerprint density at radius 2 is 1.55 bits per heavy atom. The summed E-state index contributed by atoms with van der Waals surface area (Å²) in [5.74, 6) is 0.735. The van der Waals surface area contributed by atoms with E-state index in [1.54, 1.807) is 24.5 Å². The van der Waals surface area contributed by atoms with E-state index in [9.17, 15) is 9.59 Å². The molecule has 29 heavy (non-hydrogen) atoms. The fourth-order valence-electron chi connectivity index (χ4n) is 6.17. The lowest BCUT2D eigenvalue weighted by Gasteiger charge is -2.62. The number of nitrogens with one attached hydrogen (secondary N) is 2. The van der Waals surface area contributed by atoms with Crippen molar-refractivity contribution in [3.8, 4) is 0 Å². The van der Waals surface area contributed by atoms with Crippen LogP contribution >= 0.6 is 0 Å². The molecule has 6 rings (SSSR count). The highest BCUT2D eigenvalue weighted by molar-refractivity contribution is 5.93. The average Bonchev–Trinajstić information content (AvgIpc) is 2.67. The Hall–Kier alpha value is -2.83. The van der Waals surface area contributed by atoms with Gasteiger partial charge in [-0.2, -0.15) is 0 Å². The Labute approximate surface area is 169 Å². The quantitative estimate of drug-likeness (QED) is 0.834. The van der Waals surface area contributed by atoms with Crippen molar-refractivity contribution in [2.24, 2.45) is 11.8 Å². The number of rotatable bonds is 4. The number of hydrogen-bond donors (Lipinski definition) is 2. The normalized spacial score (nSPS) is 32.0. The molecule has 7 nitrogen and oxygen atoms in total. The first-order valence-corrected chi connectivity index (χ1v) is 10.3. The SMILES string of the molecule is Cc1cnc(C(=O)NC23CC4CC(CC(NC(=O)c5ccccn5)(C4)C2)C3)cn1. The summed E-state index contributed by atoms with van der Waals surface area (Å²) in [5.41, 5.74) is 1.01. The summed E-state index contributed by atoms with van der Waals surface area (Å²) in [4.78, 5) is 38.3. The molecule has 0 radical (unpaired) electrons. The van der Waals surface area contributed by atoms with Gasteiger partial charge in [0.1, 0.15) is 11.4 Å². The molecule has 150 valence electrons. The second-order valence-corrected chi connectivity index (χ2v) is 9.19. The molecule has 4 fully saturated rings.